The predicted molar refractivity (Wildman–Crippen MR) is 87.2 cm³/mol. The van der Waals surface area contributed by atoms with E-state index in [0.29, 0.717) is 0 Å². The Morgan fingerprint density at radius 2 is 1.96 bits per heavy atom. The van der Waals surface area contributed by atoms with Gasteiger partial charge in [0.2, 0.25) is 0 Å². The van der Waals surface area contributed by atoms with E-state index in [-0.39, 0.29) is 6.42 Å². The first-order valence-electron chi connectivity index (χ1n) is 7.52. The highest BCUT2D eigenvalue weighted by atomic mass is 16.5. The lowest BCUT2D eigenvalue weighted by Crippen LogP contribution is -2.47. The van der Waals surface area contributed by atoms with Crippen molar-refractivity contribution < 1.29 is 23.9 Å². The van der Waals surface area contributed by atoms with Crippen LogP contribution >= 0.6 is 0 Å². The molecule has 1 heterocycles. The van der Waals surface area contributed by atoms with Crippen LogP contribution in [0, 0.1) is 0 Å². The Hall–Kier alpha value is -2.83. The van der Waals surface area contributed by atoms with Crippen molar-refractivity contribution >= 4 is 28.7 Å². The average Bonchev–Trinajstić information content (AvgIpc) is 2.96. The molecule has 0 aliphatic carbocycles. The number of rotatable bonds is 6. The fourth-order valence-corrected chi connectivity index (χ4v) is 2.45. The molecule has 0 fully saturated rings. The fourth-order valence-electron chi connectivity index (χ4n) is 2.45. The second kappa shape index (κ2) is 7.63. The molecule has 2 aromatic rings. The highest BCUT2D eigenvalue weighted by molar-refractivity contribution is 5.89. The van der Waals surface area contributed by atoms with Crippen molar-refractivity contribution in [2.45, 2.75) is 32.4 Å². The largest absolute Gasteiger partial charge is 0.467 e. The molecular formula is C17H20N2O5. The van der Waals surface area contributed by atoms with Gasteiger partial charge in [-0.3, -0.25) is 9.59 Å². The Bertz CT molecular complexity index is 752. The van der Waals surface area contributed by atoms with E-state index in [9.17, 15) is 14.4 Å². The molecule has 7 nitrogen and oxygen atoms in total. The number of carbonyl (C=O) groups is 3. The topological polar surface area (TPSA) is 97.5 Å². The maximum Gasteiger partial charge on any atom is 0.328 e. The lowest BCUT2D eigenvalue weighted by atomic mass is 10.0. The number of carbonyl (C=O) groups excluding carboxylic acids is 3. The number of aromatic amines is 1. The summed E-state index contributed by atoms with van der Waals surface area (Å²) < 4.78 is 9.59. The van der Waals surface area contributed by atoms with Crippen LogP contribution in [-0.4, -0.2) is 42.1 Å². The lowest BCUT2D eigenvalue weighted by Gasteiger charge is -2.19. The summed E-state index contributed by atoms with van der Waals surface area (Å²) in [4.78, 5) is 38.2. The molecule has 24 heavy (non-hydrogen) atoms. The number of H-pyrrole nitrogens is 1. The number of hydrogen-bond acceptors (Lipinski definition) is 5. The summed E-state index contributed by atoms with van der Waals surface area (Å²) in [6.07, 6.45) is 1.06. The molecule has 2 rings (SSSR count). The molecule has 0 saturated carbocycles. The normalized spacial score (nSPS) is 13.1. The highest BCUT2D eigenvalue weighted by Gasteiger charge is 2.26. The molecule has 1 aromatic heterocycles. The summed E-state index contributed by atoms with van der Waals surface area (Å²) in [5.41, 5.74) is 1.82. The van der Waals surface area contributed by atoms with Gasteiger partial charge in [-0.15, -0.1) is 0 Å². The number of nitrogens with one attached hydrogen (secondary N) is 2. The number of para-hydroxylation sites is 1. The van der Waals surface area contributed by atoms with Gasteiger partial charge in [0.05, 0.1) is 7.11 Å². The van der Waals surface area contributed by atoms with Crippen LogP contribution in [0.2, 0.25) is 0 Å². The molecule has 2 N–H and O–H groups in total. The number of aromatic nitrogens is 1. The van der Waals surface area contributed by atoms with Crippen molar-refractivity contribution in [3.8, 4) is 0 Å². The molecule has 0 aliphatic rings. The first-order chi connectivity index (χ1) is 11.4. The summed E-state index contributed by atoms with van der Waals surface area (Å²) in [5.74, 6) is -1.69. The Morgan fingerprint density at radius 1 is 1.25 bits per heavy atom. The summed E-state index contributed by atoms with van der Waals surface area (Å²) >= 11 is 0. The second-order valence-corrected chi connectivity index (χ2v) is 5.40. The van der Waals surface area contributed by atoms with Gasteiger partial charge in [0.1, 0.15) is 6.04 Å². The van der Waals surface area contributed by atoms with Crippen LogP contribution in [0.15, 0.2) is 30.5 Å². The van der Waals surface area contributed by atoms with Crippen LogP contribution in [-0.2, 0) is 30.3 Å². The average molecular weight is 332 g/mol. The second-order valence-electron chi connectivity index (χ2n) is 5.40. The summed E-state index contributed by atoms with van der Waals surface area (Å²) in [7, 11) is 1.26. The quantitative estimate of drug-likeness (QED) is 0.778. The molecule has 7 heteroatoms. The monoisotopic (exact) mass is 332 g/mol. The van der Waals surface area contributed by atoms with Gasteiger partial charge in [0.15, 0.2) is 6.10 Å². The van der Waals surface area contributed by atoms with E-state index in [4.69, 9.17) is 9.47 Å². The molecule has 0 radical (unpaired) electrons. The third-order valence-electron chi connectivity index (χ3n) is 3.61. The van der Waals surface area contributed by atoms with Crippen LogP contribution in [0.25, 0.3) is 10.9 Å². The van der Waals surface area contributed by atoms with Crippen LogP contribution in [0.1, 0.15) is 19.4 Å². The third kappa shape index (κ3) is 4.13. The smallest absolute Gasteiger partial charge is 0.328 e. The third-order valence-corrected chi connectivity index (χ3v) is 3.61. The van der Waals surface area contributed by atoms with Gasteiger partial charge >= 0.3 is 11.9 Å². The maximum atomic E-state index is 12.1. The number of benzene rings is 1. The molecule has 0 aliphatic heterocycles. The number of esters is 2. The molecule has 1 unspecified atom stereocenters. The summed E-state index contributed by atoms with van der Waals surface area (Å²) in [6, 6.07) is 6.78. The van der Waals surface area contributed by atoms with E-state index in [2.05, 4.69) is 10.3 Å². The van der Waals surface area contributed by atoms with E-state index >= 15 is 0 Å². The van der Waals surface area contributed by atoms with Crippen LogP contribution in [0.5, 0.6) is 0 Å². The molecule has 2 atom stereocenters. The predicted octanol–water partition coefficient (Wildman–Crippen LogP) is 1.32. The van der Waals surface area contributed by atoms with Crippen molar-refractivity contribution in [1.82, 2.24) is 10.3 Å². The Labute approximate surface area is 139 Å². The van der Waals surface area contributed by atoms with Crippen molar-refractivity contribution in [2.75, 3.05) is 7.11 Å². The zero-order valence-corrected chi connectivity index (χ0v) is 13.8. The minimum atomic E-state index is -0.988. The van der Waals surface area contributed by atoms with Gasteiger partial charge < -0.3 is 19.8 Å². The van der Waals surface area contributed by atoms with Crippen LogP contribution in [0.4, 0.5) is 0 Å². The Balaban J connectivity index is 2.15. The van der Waals surface area contributed by atoms with E-state index in [1.807, 2.05) is 24.3 Å². The van der Waals surface area contributed by atoms with Crippen molar-refractivity contribution in [2.24, 2.45) is 0 Å². The minimum absolute atomic E-state index is 0.259. The van der Waals surface area contributed by atoms with Gasteiger partial charge in [-0.1, -0.05) is 18.2 Å². The maximum absolute atomic E-state index is 12.1. The summed E-state index contributed by atoms with van der Waals surface area (Å²) in [6.45, 7) is 2.66. The fraction of sp³-hybridized carbons (Fsp3) is 0.353. The highest BCUT2D eigenvalue weighted by Crippen LogP contribution is 2.19. The van der Waals surface area contributed by atoms with Crippen molar-refractivity contribution in [3.05, 3.63) is 36.0 Å². The Morgan fingerprint density at radius 3 is 2.62 bits per heavy atom. The molecular weight excluding hydrogens is 312 g/mol. The SMILES string of the molecule is COC(=O)[C@@H](Cc1c[nH]c2ccccc12)NC(=O)C(C)OC(C)=O. The minimum Gasteiger partial charge on any atom is -0.467 e. The van der Waals surface area contributed by atoms with Crippen LogP contribution < -0.4 is 5.32 Å². The van der Waals surface area contributed by atoms with Crippen LogP contribution in [0.3, 0.4) is 0 Å². The first kappa shape index (κ1) is 17.5. The van der Waals surface area contributed by atoms with Crippen molar-refractivity contribution in [3.63, 3.8) is 0 Å². The summed E-state index contributed by atoms with van der Waals surface area (Å²) in [5, 5.41) is 3.54. The van der Waals surface area contributed by atoms with Gasteiger partial charge in [0, 0.05) is 30.4 Å². The van der Waals surface area contributed by atoms with Gasteiger partial charge in [0.25, 0.3) is 5.91 Å². The molecule has 128 valence electrons. The molecule has 1 amide bonds. The van der Waals surface area contributed by atoms with E-state index in [1.54, 1.807) is 6.20 Å². The molecule has 1 aromatic carbocycles. The van der Waals surface area contributed by atoms with E-state index in [1.165, 1.54) is 21.0 Å². The molecule has 0 spiro atoms. The number of methoxy groups -OCH3 is 1. The molecule has 0 saturated heterocycles. The van der Waals surface area contributed by atoms with Gasteiger partial charge in [-0.05, 0) is 18.6 Å². The number of fused-ring (bicyclic) bond motifs is 1. The van der Waals surface area contributed by atoms with E-state index in [0.717, 1.165) is 16.5 Å². The zero-order chi connectivity index (χ0) is 17.7. The van der Waals surface area contributed by atoms with Gasteiger partial charge in [-0.25, -0.2) is 4.79 Å². The standard InChI is InChI=1S/C17H20N2O5/c1-10(24-11(2)20)16(21)19-15(17(22)23-3)8-12-9-18-14-7-5-4-6-13(12)14/h4-7,9-10,15,18H,8H2,1-3H3,(H,19,21)/t10?,15-/m1/s1. The lowest BCUT2D eigenvalue weighted by molar-refractivity contribution is -0.154. The number of ether oxygens (including phenoxy) is 2. The van der Waals surface area contributed by atoms with Gasteiger partial charge in [-0.2, -0.15) is 0 Å². The van der Waals surface area contributed by atoms with E-state index < -0.39 is 30.0 Å². The Kier molecular flexibility index (Phi) is 5.57. The number of hydrogen-bond donors (Lipinski definition) is 2. The molecule has 0 bridgehead atoms. The van der Waals surface area contributed by atoms with Crippen molar-refractivity contribution in [1.29, 1.82) is 0 Å². The zero-order valence-electron chi connectivity index (χ0n) is 13.8. The number of amides is 1. The first-order valence-corrected chi connectivity index (χ1v) is 7.52.